The number of nitrogens with zero attached hydrogens (tertiary/aromatic N) is 7. The third kappa shape index (κ3) is 5.22. The number of amides is 1. The van der Waals surface area contributed by atoms with Crippen molar-refractivity contribution in [2.75, 3.05) is 51.0 Å². The number of halogens is 1. The number of nitrogens with two attached hydrogens (primary N) is 1. The van der Waals surface area contributed by atoms with Gasteiger partial charge in [-0.25, -0.2) is 4.39 Å². The molecular formula is C36H47FN8O3. The fourth-order valence-corrected chi connectivity index (χ4v) is 8.92. The number of nitrogen functional groups attached to an aromatic ring is 1. The van der Waals surface area contributed by atoms with Crippen molar-refractivity contribution in [2.24, 2.45) is 0 Å². The molecule has 48 heavy (non-hydrogen) atoms. The molecule has 12 heteroatoms. The largest absolute Gasteiger partial charge is 0.461 e. The summed E-state index contributed by atoms with van der Waals surface area (Å²) in [6.07, 6.45) is 4.87. The number of carbonyl (C=O) groups is 1. The Kier molecular flexibility index (Phi) is 7.48. The van der Waals surface area contributed by atoms with Crippen LogP contribution < -0.4 is 15.4 Å². The van der Waals surface area contributed by atoms with E-state index in [4.69, 9.17) is 25.2 Å². The van der Waals surface area contributed by atoms with Gasteiger partial charge in [0.05, 0.1) is 35.7 Å². The number of benzene rings is 1. The fourth-order valence-electron chi connectivity index (χ4n) is 8.92. The summed E-state index contributed by atoms with van der Waals surface area (Å²) in [7, 11) is 3.48. The number of hydrogen-bond donors (Lipinski definition) is 1. The number of fused-ring (bicyclic) bond motifs is 5. The summed E-state index contributed by atoms with van der Waals surface area (Å²) in [4.78, 5) is 29.0. The zero-order valence-corrected chi connectivity index (χ0v) is 28.6. The van der Waals surface area contributed by atoms with Crippen molar-refractivity contribution in [1.29, 1.82) is 0 Å². The molecule has 3 aromatic rings. The molecule has 1 unspecified atom stereocenters. The lowest BCUT2D eigenvalue weighted by atomic mass is 9.65. The Morgan fingerprint density at radius 1 is 1.10 bits per heavy atom. The first-order chi connectivity index (χ1) is 23.0. The van der Waals surface area contributed by atoms with Gasteiger partial charge in [-0.05, 0) is 73.4 Å². The second-order valence-corrected chi connectivity index (χ2v) is 15.5. The van der Waals surface area contributed by atoms with Gasteiger partial charge < -0.3 is 25.0 Å². The molecule has 1 aliphatic carbocycles. The van der Waals surface area contributed by atoms with Gasteiger partial charge in [0.2, 0.25) is 0 Å². The average molecular weight is 659 g/mol. The first-order valence-electron chi connectivity index (χ1n) is 17.4. The minimum Gasteiger partial charge on any atom is -0.461 e. The van der Waals surface area contributed by atoms with Gasteiger partial charge in [0.15, 0.2) is 5.69 Å². The average Bonchev–Trinajstić information content (AvgIpc) is 3.68. The lowest BCUT2D eigenvalue weighted by Gasteiger charge is -2.47. The van der Waals surface area contributed by atoms with E-state index in [-0.39, 0.29) is 16.9 Å². The smallest absolute Gasteiger partial charge is 0.318 e. The van der Waals surface area contributed by atoms with Crippen LogP contribution in [0.3, 0.4) is 0 Å². The quantitative estimate of drug-likeness (QED) is 0.400. The minimum absolute atomic E-state index is 0.00681. The zero-order chi connectivity index (χ0) is 33.4. The Labute approximate surface area is 281 Å². The first-order valence-corrected chi connectivity index (χ1v) is 17.4. The molecule has 3 atom stereocenters. The summed E-state index contributed by atoms with van der Waals surface area (Å²) in [5, 5.41) is 4.64. The molecule has 2 N–H and O–H groups in total. The summed E-state index contributed by atoms with van der Waals surface area (Å²) < 4.78 is 30.0. The molecule has 0 bridgehead atoms. The van der Waals surface area contributed by atoms with Crippen LogP contribution in [0.5, 0.6) is 6.01 Å². The molecule has 2 saturated heterocycles. The van der Waals surface area contributed by atoms with Crippen LogP contribution >= 0.6 is 0 Å². The van der Waals surface area contributed by atoms with Gasteiger partial charge in [-0.3, -0.25) is 14.4 Å². The Morgan fingerprint density at radius 3 is 2.79 bits per heavy atom. The monoisotopic (exact) mass is 658 g/mol. The lowest BCUT2D eigenvalue weighted by molar-refractivity contribution is -0.0906. The molecular weight excluding hydrogens is 611 g/mol. The molecule has 0 saturated carbocycles. The van der Waals surface area contributed by atoms with E-state index < -0.39 is 11.8 Å². The highest BCUT2D eigenvalue weighted by Crippen LogP contribution is 2.51. The van der Waals surface area contributed by atoms with Gasteiger partial charge in [0.1, 0.15) is 18.6 Å². The van der Waals surface area contributed by atoms with Crippen LogP contribution in [0.25, 0.3) is 0 Å². The lowest BCUT2D eigenvalue weighted by Crippen LogP contribution is -2.45. The van der Waals surface area contributed by atoms with E-state index in [1.807, 2.05) is 16.8 Å². The van der Waals surface area contributed by atoms with Gasteiger partial charge in [-0.15, -0.1) is 0 Å². The molecule has 1 spiro atoms. The predicted octanol–water partition coefficient (Wildman–Crippen LogP) is 4.36. The van der Waals surface area contributed by atoms with Gasteiger partial charge in [-0.1, -0.05) is 19.9 Å². The van der Waals surface area contributed by atoms with Crippen LogP contribution in [0.4, 0.5) is 15.9 Å². The summed E-state index contributed by atoms with van der Waals surface area (Å²) in [5.41, 5.74) is 11.9. The molecule has 6 heterocycles. The molecule has 5 aliphatic rings. The van der Waals surface area contributed by atoms with E-state index in [1.54, 1.807) is 19.0 Å². The number of aryl methyl sites for hydroxylation is 1. The SMILES string of the molecule is CN(C)C(=O)c1cc2n(n1)CCCN(c1nc(OC[C@@]34CCCN3C[C@H](F)C4)nc3c1COC1(CCC(C)(C)c4ccc(N)cc41)C3)C2. The normalized spacial score (nSPS) is 27.6. The molecule has 11 nitrogen and oxygen atoms in total. The van der Waals surface area contributed by atoms with Gasteiger partial charge in [0, 0.05) is 57.8 Å². The van der Waals surface area contributed by atoms with Crippen molar-refractivity contribution < 1.29 is 18.7 Å². The number of hydrogen-bond acceptors (Lipinski definition) is 9. The third-order valence-corrected chi connectivity index (χ3v) is 11.6. The van der Waals surface area contributed by atoms with Crippen LogP contribution in [-0.4, -0.2) is 87.5 Å². The molecule has 8 rings (SSSR count). The zero-order valence-electron chi connectivity index (χ0n) is 28.6. The van der Waals surface area contributed by atoms with Crippen LogP contribution in [0.1, 0.15) is 90.9 Å². The second kappa shape index (κ2) is 11.4. The highest BCUT2D eigenvalue weighted by Gasteiger charge is 2.50. The maximum Gasteiger partial charge on any atom is 0.318 e. The highest BCUT2D eigenvalue weighted by molar-refractivity contribution is 5.92. The summed E-state index contributed by atoms with van der Waals surface area (Å²) >= 11 is 0. The summed E-state index contributed by atoms with van der Waals surface area (Å²) in [6.45, 7) is 8.67. The second-order valence-electron chi connectivity index (χ2n) is 15.5. The fraction of sp³-hybridized carbons (Fsp3) is 0.611. The topological polar surface area (TPSA) is 115 Å². The Hall–Kier alpha value is -3.77. The molecule has 1 aromatic carbocycles. The Bertz CT molecular complexity index is 1760. The number of carbonyl (C=O) groups excluding carboxylic acids is 1. The number of anilines is 2. The van der Waals surface area contributed by atoms with Gasteiger partial charge >= 0.3 is 6.01 Å². The first kappa shape index (κ1) is 31.5. The predicted molar refractivity (Wildman–Crippen MR) is 180 cm³/mol. The van der Waals surface area contributed by atoms with Crippen LogP contribution in [0, 0.1) is 0 Å². The van der Waals surface area contributed by atoms with Crippen molar-refractivity contribution in [2.45, 2.75) is 101 Å². The molecule has 1 amide bonds. The van der Waals surface area contributed by atoms with Crippen molar-refractivity contribution in [3.8, 4) is 6.01 Å². The Balaban J connectivity index is 1.17. The molecule has 256 valence electrons. The van der Waals surface area contributed by atoms with Gasteiger partial charge in [-0.2, -0.15) is 15.1 Å². The summed E-state index contributed by atoms with van der Waals surface area (Å²) in [6, 6.07) is 8.45. The van der Waals surface area contributed by atoms with Crippen molar-refractivity contribution in [1.82, 2.24) is 29.5 Å². The van der Waals surface area contributed by atoms with Crippen molar-refractivity contribution in [3.63, 3.8) is 0 Å². The molecule has 2 aromatic heterocycles. The number of aromatic nitrogens is 4. The maximum atomic E-state index is 14.6. The van der Waals surface area contributed by atoms with Crippen LogP contribution in [0.2, 0.25) is 0 Å². The Morgan fingerprint density at radius 2 is 1.96 bits per heavy atom. The molecule has 0 radical (unpaired) electrons. The van der Waals surface area contributed by atoms with Crippen LogP contribution in [-0.2, 0) is 41.9 Å². The van der Waals surface area contributed by atoms with E-state index in [1.165, 1.54) is 5.56 Å². The number of alkyl halides is 1. The van der Waals surface area contributed by atoms with E-state index in [2.05, 4.69) is 40.9 Å². The molecule has 2 fully saturated rings. The van der Waals surface area contributed by atoms with Gasteiger partial charge in [0.25, 0.3) is 5.91 Å². The third-order valence-electron chi connectivity index (χ3n) is 11.6. The minimum atomic E-state index is -0.833. The maximum absolute atomic E-state index is 14.6. The van der Waals surface area contributed by atoms with Crippen molar-refractivity contribution >= 4 is 17.4 Å². The highest BCUT2D eigenvalue weighted by atomic mass is 19.1. The van der Waals surface area contributed by atoms with E-state index >= 15 is 0 Å². The number of ether oxygens (including phenoxy) is 2. The van der Waals surface area contributed by atoms with E-state index in [0.717, 1.165) is 79.2 Å². The molecule has 4 aliphatic heterocycles. The summed E-state index contributed by atoms with van der Waals surface area (Å²) in [5.74, 6) is 0.676. The standard InChI is InChI=1S/C36H47FN8O3/c1-34(2)10-11-36(28-15-24(38)7-8-27(28)34)18-30-26(21-48-36)31(40-33(39-30)47-22-35-9-5-13-44(35)19-23(37)17-35)43-12-6-14-45-25(20-43)16-29(41-45)32(46)42(3)4/h7-8,15-16,23H,5-6,9-14,17-22,38H2,1-4H3/t23-,35+,36?/m1/s1. The van der Waals surface area contributed by atoms with E-state index in [9.17, 15) is 9.18 Å². The number of rotatable bonds is 5. The van der Waals surface area contributed by atoms with E-state index in [0.29, 0.717) is 57.4 Å². The van der Waals surface area contributed by atoms with Crippen molar-refractivity contribution in [3.05, 3.63) is 58.0 Å². The van der Waals surface area contributed by atoms with Crippen LogP contribution in [0.15, 0.2) is 24.3 Å².